The fourth-order valence-corrected chi connectivity index (χ4v) is 3.38. The average molecular weight is 377 g/mol. The average Bonchev–Trinajstić information content (AvgIpc) is 2.61. The summed E-state index contributed by atoms with van der Waals surface area (Å²) in [6.07, 6.45) is -0.749. The molecule has 3 rings (SSSR count). The lowest BCUT2D eigenvalue weighted by molar-refractivity contribution is 0.0929. The van der Waals surface area contributed by atoms with E-state index in [0.29, 0.717) is 26.9 Å². The monoisotopic (exact) mass is 376 g/mol. The van der Waals surface area contributed by atoms with E-state index >= 15 is 0 Å². The largest absolute Gasteiger partial charge is 0.357 e. The highest BCUT2D eigenvalue weighted by atomic mass is 35.5. The minimum absolute atomic E-state index is 0.198. The van der Waals surface area contributed by atoms with Gasteiger partial charge in [-0.25, -0.2) is 4.79 Å². The summed E-state index contributed by atoms with van der Waals surface area (Å²) in [6, 6.07) is 11.1. The van der Waals surface area contributed by atoms with Crippen molar-refractivity contribution >= 4 is 40.7 Å². The normalized spacial score (nSPS) is 18.8. The molecule has 5 nitrogen and oxygen atoms in total. The van der Waals surface area contributed by atoms with Gasteiger partial charge < -0.3 is 15.4 Å². The minimum atomic E-state index is -0.781. The number of fused-ring (bicyclic) bond motifs is 1. The molecular formula is C18H14Cl2N2O3. The van der Waals surface area contributed by atoms with Crippen LogP contribution in [0.25, 0.3) is 0 Å². The van der Waals surface area contributed by atoms with Gasteiger partial charge in [-0.3, -0.25) is 4.79 Å². The van der Waals surface area contributed by atoms with Crippen molar-refractivity contribution in [2.24, 2.45) is 0 Å². The van der Waals surface area contributed by atoms with Crippen molar-refractivity contribution in [3.63, 3.8) is 0 Å². The zero-order chi connectivity index (χ0) is 18.0. The van der Waals surface area contributed by atoms with Crippen LogP contribution in [-0.4, -0.2) is 25.2 Å². The Morgan fingerprint density at radius 1 is 1.24 bits per heavy atom. The van der Waals surface area contributed by atoms with Gasteiger partial charge in [0.2, 0.25) is 0 Å². The third kappa shape index (κ3) is 3.41. The van der Waals surface area contributed by atoms with Crippen LogP contribution in [0.1, 0.15) is 22.0 Å². The molecule has 2 N–H and O–H groups in total. The topological polar surface area (TPSA) is 67.4 Å². The van der Waals surface area contributed by atoms with Crippen molar-refractivity contribution in [2.75, 3.05) is 12.4 Å². The van der Waals surface area contributed by atoms with Crippen molar-refractivity contribution in [1.82, 2.24) is 5.32 Å². The van der Waals surface area contributed by atoms with E-state index in [-0.39, 0.29) is 11.5 Å². The molecule has 7 heteroatoms. The number of nitrogens with one attached hydrogen (secondary N) is 2. The molecule has 2 aromatic rings. The van der Waals surface area contributed by atoms with Gasteiger partial charge in [-0.2, -0.15) is 0 Å². The lowest BCUT2D eigenvalue weighted by Gasteiger charge is -2.34. The number of methoxy groups -OCH3 is 1. The number of hydrogen-bond acceptors (Lipinski definition) is 4. The molecule has 1 aliphatic rings. The molecule has 25 heavy (non-hydrogen) atoms. The highest BCUT2D eigenvalue weighted by molar-refractivity contribution is 6.35. The van der Waals surface area contributed by atoms with E-state index in [4.69, 9.17) is 27.9 Å². The van der Waals surface area contributed by atoms with Gasteiger partial charge in [-0.15, -0.1) is 0 Å². The van der Waals surface area contributed by atoms with E-state index in [1.54, 1.807) is 36.4 Å². The molecule has 0 radical (unpaired) electrons. The summed E-state index contributed by atoms with van der Waals surface area (Å²) in [5, 5.41) is 6.62. The minimum Gasteiger partial charge on any atom is -0.357 e. The second kappa shape index (κ2) is 7.30. The summed E-state index contributed by atoms with van der Waals surface area (Å²) in [5.74, 6) is 1.53. The van der Waals surface area contributed by atoms with E-state index in [1.165, 1.54) is 7.11 Å². The summed E-state index contributed by atoms with van der Waals surface area (Å²) in [4.78, 5) is 24.1. The quantitative estimate of drug-likeness (QED) is 0.802. The second-order valence-corrected chi connectivity index (χ2v) is 6.28. The molecule has 0 aliphatic carbocycles. The maximum atomic E-state index is 12.6. The van der Waals surface area contributed by atoms with Crippen molar-refractivity contribution in [3.8, 4) is 0 Å². The summed E-state index contributed by atoms with van der Waals surface area (Å²) >= 11 is 12.4. The van der Waals surface area contributed by atoms with Crippen LogP contribution in [0.15, 0.2) is 48.0 Å². The number of ether oxygens (including phenoxy) is 1. The Bertz CT molecular complexity index is 864. The second-order valence-electron chi connectivity index (χ2n) is 5.44. The molecule has 0 saturated carbocycles. The molecule has 0 unspecified atom stereocenters. The Hall–Kier alpha value is -2.30. The fraction of sp³-hybridized carbons (Fsp3) is 0.167. The number of halogens is 2. The van der Waals surface area contributed by atoms with Gasteiger partial charge in [0.1, 0.15) is 5.94 Å². The van der Waals surface area contributed by atoms with E-state index in [0.717, 1.165) is 0 Å². The first-order valence-electron chi connectivity index (χ1n) is 7.44. The lowest BCUT2D eigenvalue weighted by atomic mass is 9.92. The van der Waals surface area contributed by atoms with Gasteiger partial charge in [0.05, 0.1) is 11.6 Å². The zero-order valence-corrected chi connectivity index (χ0v) is 14.7. The molecule has 1 heterocycles. The standard InChI is InChI=1S/C18H14Cl2N2O3/c1-25-18-12(9-23)16(22-17(24)10-5-3-2-4-6-10)15-13(20)7-11(19)8-14(15)21-18/h2-8,16,18,21H,1H3,(H,22,24)/t16-,18-/m0/s1. The summed E-state index contributed by atoms with van der Waals surface area (Å²) in [7, 11) is 1.45. The lowest BCUT2D eigenvalue weighted by Crippen LogP contribution is -2.41. The van der Waals surface area contributed by atoms with Crippen molar-refractivity contribution < 1.29 is 14.3 Å². The molecule has 0 aromatic heterocycles. The first-order chi connectivity index (χ1) is 12.0. The van der Waals surface area contributed by atoms with Crippen molar-refractivity contribution in [1.29, 1.82) is 0 Å². The maximum Gasteiger partial charge on any atom is 0.252 e. The van der Waals surface area contributed by atoms with E-state index in [9.17, 15) is 9.59 Å². The Balaban J connectivity index is 2.06. The van der Waals surface area contributed by atoms with Gasteiger partial charge in [0.25, 0.3) is 5.91 Å². The smallest absolute Gasteiger partial charge is 0.252 e. The van der Waals surface area contributed by atoms with Crippen LogP contribution < -0.4 is 10.6 Å². The molecule has 128 valence electrons. The number of rotatable bonds is 3. The number of benzene rings is 2. The van der Waals surface area contributed by atoms with Crippen LogP contribution >= 0.6 is 23.2 Å². The number of carbonyl (C=O) groups excluding carboxylic acids is 2. The molecule has 2 atom stereocenters. The predicted molar refractivity (Wildman–Crippen MR) is 96.7 cm³/mol. The third-order valence-electron chi connectivity index (χ3n) is 3.93. The highest BCUT2D eigenvalue weighted by Gasteiger charge is 2.36. The molecule has 1 aliphatic heterocycles. The van der Waals surface area contributed by atoms with Gasteiger partial charge in [0.15, 0.2) is 6.23 Å². The van der Waals surface area contributed by atoms with E-state index in [2.05, 4.69) is 10.6 Å². The fourth-order valence-electron chi connectivity index (χ4n) is 2.78. The summed E-state index contributed by atoms with van der Waals surface area (Å²) < 4.78 is 5.30. The van der Waals surface area contributed by atoms with Crippen LogP contribution in [0.5, 0.6) is 0 Å². The Kier molecular flexibility index (Phi) is 5.11. The molecule has 1 amide bonds. The maximum absolute atomic E-state index is 12.6. The number of hydrogen-bond donors (Lipinski definition) is 2. The van der Waals surface area contributed by atoms with Crippen molar-refractivity contribution in [3.05, 3.63) is 69.2 Å². The Morgan fingerprint density at radius 2 is 1.96 bits per heavy atom. The molecule has 0 saturated heterocycles. The molecule has 0 bridgehead atoms. The van der Waals surface area contributed by atoms with Gasteiger partial charge in [-0.1, -0.05) is 41.4 Å². The van der Waals surface area contributed by atoms with E-state index in [1.807, 2.05) is 12.0 Å². The third-order valence-corrected chi connectivity index (χ3v) is 4.46. The first-order valence-corrected chi connectivity index (χ1v) is 8.19. The zero-order valence-electron chi connectivity index (χ0n) is 13.2. The SMILES string of the molecule is CO[C@@H]1Nc2cc(Cl)cc(Cl)c2[C@@H](NC(=O)c2ccccc2)C1=C=O. The van der Waals surface area contributed by atoms with Gasteiger partial charge >= 0.3 is 0 Å². The number of anilines is 1. The first kappa shape index (κ1) is 17.5. The van der Waals surface area contributed by atoms with Crippen LogP contribution in [0.3, 0.4) is 0 Å². The molecular weight excluding hydrogens is 363 g/mol. The molecule has 2 aromatic carbocycles. The summed E-state index contributed by atoms with van der Waals surface area (Å²) in [6.45, 7) is 0. The van der Waals surface area contributed by atoms with E-state index < -0.39 is 12.3 Å². The summed E-state index contributed by atoms with van der Waals surface area (Å²) in [5.41, 5.74) is 1.79. The highest BCUT2D eigenvalue weighted by Crippen LogP contribution is 2.41. The van der Waals surface area contributed by atoms with Crippen LogP contribution in [0.4, 0.5) is 5.69 Å². The van der Waals surface area contributed by atoms with Crippen molar-refractivity contribution in [2.45, 2.75) is 12.3 Å². The number of carbonyl (C=O) groups is 1. The van der Waals surface area contributed by atoms with Crippen LogP contribution in [0.2, 0.25) is 10.0 Å². The Morgan fingerprint density at radius 3 is 2.60 bits per heavy atom. The van der Waals surface area contributed by atoms with Gasteiger partial charge in [-0.05, 0) is 24.3 Å². The Labute approximate surface area is 154 Å². The predicted octanol–water partition coefficient (Wildman–Crippen LogP) is 3.62. The van der Waals surface area contributed by atoms with Crippen LogP contribution in [0, 0.1) is 0 Å². The molecule has 0 fully saturated rings. The van der Waals surface area contributed by atoms with Crippen LogP contribution in [-0.2, 0) is 9.53 Å². The number of amides is 1. The molecule has 0 spiro atoms. The van der Waals surface area contributed by atoms with Gasteiger partial charge in [0, 0.05) is 34.0 Å².